The van der Waals surface area contributed by atoms with Crippen molar-refractivity contribution in [2.75, 3.05) is 46.8 Å². The lowest BCUT2D eigenvalue weighted by atomic mass is 10.0. The van der Waals surface area contributed by atoms with Gasteiger partial charge in [-0.2, -0.15) is 0 Å². The Bertz CT molecular complexity index is 469. The first-order valence-corrected chi connectivity index (χ1v) is 9.37. The van der Waals surface area contributed by atoms with E-state index in [2.05, 4.69) is 63.8 Å². The summed E-state index contributed by atoms with van der Waals surface area (Å²) in [6.45, 7) is 11.0. The Balaban J connectivity index is 0.00000288. The van der Waals surface area contributed by atoms with Crippen LogP contribution in [0.2, 0.25) is 0 Å². The Hall–Kier alpha value is -0.380. The van der Waals surface area contributed by atoms with E-state index in [1.54, 1.807) is 11.3 Å². The number of likely N-dealkylation sites (N-methyl/N-ethyl adjacent to an activating group) is 1. The molecule has 1 saturated heterocycles. The van der Waals surface area contributed by atoms with Crippen LogP contribution in [-0.4, -0.2) is 68.6 Å². The molecule has 0 saturated carbocycles. The van der Waals surface area contributed by atoms with Gasteiger partial charge in [-0.3, -0.25) is 9.89 Å². The third-order valence-electron chi connectivity index (χ3n) is 4.49. The number of hydrogen-bond donors (Lipinski definition) is 2. The second kappa shape index (κ2) is 11.3. The highest BCUT2D eigenvalue weighted by Gasteiger charge is 2.24. The normalized spacial score (nSPS) is 18.3. The SMILES string of the molecule is CN=C(NCc1cccs1)NCC(C(C)C)N1CCN(C)CC1.I. The predicted molar refractivity (Wildman–Crippen MR) is 116 cm³/mol. The van der Waals surface area contributed by atoms with Crippen molar-refractivity contribution < 1.29 is 0 Å². The maximum Gasteiger partial charge on any atom is 0.191 e. The van der Waals surface area contributed by atoms with Crippen LogP contribution in [0.25, 0.3) is 0 Å². The molecule has 138 valence electrons. The van der Waals surface area contributed by atoms with Crippen molar-refractivity contribution in [1.82, 2.24) is 20.4 Å². The number of thiophene rings is 1. The molecule has 2 N–H and O–H groups in total. The molecule has 0 amide bonds. The van der Waals surface area contributed by atoms with Gasteiger partial charge in [-0.1, -0.05) is 19.9 Å². The number of nitrogens with zero attached hydrogens (tertiary/aromatic N) is 3. The molecule has 1 atom stereocenters. The molecule has 1 unspecified atom stereocenters. The number of guanidine groups is 1. The molecule has 5 nitrogen and oxygen atoms in total. The number of aliphatic imine (C=N–C) groups is 1. The van der Waals surface area contributed by atoms with Crippen molar-refractivity contribution in [1.29, 1.82) is 0 Å². The molecule has 2 heterocycles. The molecule has 7 heteroatoms. The number of halogens is 1. The summed E-state index contributed by atoms with van der Waals surface area (Å²) in [5.41, 5.74) is 0. The molecule has 0 aliphatic carbocycles. The molecule has 24 heavy (non-hydrogen) atoms. The highest BCUT2D eigenvalue weighted by molar-refractivity contribution is 14.0. The monoisotopic (exact) mass is 465 g/mol. The van der Waals surface area contributed by atoms with Crippen molar-refractivity contribution in [3.05, 3.63) is 22.4 Å². The van der Waals surface area contributed by atoms with E-state index in [1.165, 1.54) is 4.88 Å². The highest BCUT2D eigenvalue weighted by Crippen LogP contribution is 2.13. The van der Waals surface area contributed by atoms with E-state index in [-0.39, 0.29) is 24.0 Å². The third-order valence-corrected chi connectivity index (χ3v) is 5.37. The molecule has 1 fully saturated rings. The van der Waals surface area contributed by atoms with E-state index < -0.39 is 0 Å². The topological polar surface area (TPSA) is 42.9 Å². The fourth-order valence-corrected chi connectivity index (χ4v) is 3.59. The van der Waals surface area contributed by atoms with Crippen molar-refractivity contribution >= 4 is 41.3 Å². The molecule has 0 spiro atoms. The van der Waals surface area contributed by atoms with Gasteiger partial charge in [0.05, 0.1) is 6.54 Å². The van der Waals surface area contributed by atoms with E-state index >= 15 is 0 Å². The number of hydrogen-bond acceptors (Lipinski definition) is 4. The fourth-order valence-electron chi connectivity index (χ4n) is 2.95. The van der Waals surface area contributed by atoms with Gasteiger partial charge < -0.3 is 15.5 Å². The summed E-state index contributed by atoms with van der Waals surface area (Å²) in [5.74, 6) is 1.51. The molecule has 1 aliphatic rings. The minimum atomic E-state index is 0. The van der Waals surface area contributed by atoms with E-state index in [0.29, 0.717) is 12.0 Å². The van der Waals surface area contributed by atoms with Crippen LogP contribution in [0.3, 0.4) is 0 Å². The van der Waals surface area contributed by atoms with Crippen LogP contribution in [0.5, 0.6) is 0 Å². The van der Waals surface area contributed by atoms with Crippen molar-refractivity contribution in [2.24, 2.45) is 10.9 Å². The van der Waals surface area contributed by atoms with E-state index in [1.807, 2.05) is 7.05 Å². The lowest BCUT2D eigenvalue weighted by molar-refractivity contribution is 0.0900. The van der Waals surface area contributed by atoms with Gasteiger partial charge >= 0.3 is 0 Å². The Morgan fingerprint density at radius 3 is 2.50 bits per heavy atom. The van der Waals surface area contributed by atoms with Gasteiger partial charge in [-0.05, 0) is 24.4 Å². The number of rotatable bonds is 6. The van der Waals surface area contributed by atoms with Crippen LogP contribution in [0.4, 0.5) is 0 Å². The van der Waals surface area contributed by atoms with Crippen LogP contribution >= 0.6 is 35.3 Å². The summed E-state index contributed by atoms with van der Waals surface area (Å²) in [6.07, 6.45) is 0. The molecule has 2 rings (SSSR count). The second-order valence-electron chi connectivity index (χ2n) is 6.54. The molecule has 1 aromatic rings. The molecule has 0 bridgehead atoms. The fraction of sp³-hybridized carbons (Fsp3) is 0.706. The van der Waals surface area contributed by atoms with Crippen molar-refractivity contribution in [3.8, 4) is 0 Å². The minimum Gasteiger partial charge on any atom is -0.355 e. The standard InChI is InChI=1S/C17H31N5S.HI/c1-14(2)16(22-9-7-21(4)8-10-22)13-20-17(18-3)19-12-15-6-5-11-23-15;/h5-6,11,14,16H,7-10,12-13H2,1-4H3,(H2,18,19,20);1H. The summed E-state index contributed by atoms with van der Waals surface area (Å²) < 4.78 is 0. The van der Waals surface area contributed by atoms with Crippen LogP contribution in [-0.2, 0) is 6.54 Å². The van der Waals surface area contributed by atoms with E-state index in [0.717, 1.165) is 45.2 Å². The van der Waals surface area contributed by atoms with Gasteiger partial charge in [0.15, 0.2) is 5.96 Å². The first kappa shape index (κ1) is 21.7. The Kier molecular flexibility index (Phi) is 10.2. The molecule has 1 aliphatic heterocycles. The van der Waals surface area contributed by atoms with Gasteiger partial charge in [0, 0.05) is 50.7 Å². The maximum absolute atomic E-state index is 4.35. The van der Waals surface area contributed by atoms with E-state index in [9.17, 15) is 0 Å². The van der Waals surface area contributed by atoms with E-state index in [4.69, 9.17) is 0 Å². The zero-order valence-electron chi connectivity index (χ0n) is 15.3. The Morgan fingerprint density at radius 1 is 1.25 bits per heavy atom. The summed E-state index contributed by atoms with van der Waals surface area (Å²) in [7, 11) is 4.04. The Morgan fingerprint density at radius 2 is 1.96 bits per heavy atom. The van der Waals surface area contributed by atoms with Crippen LogP contribution in [0.1, 0.15) is 18.7 Å². The molecule has 0 aromatic carbocycles. The largest absolute Gasteiger partial charge is 0.355 e. The molecular weight excluding hydrogens is 433 g/mol. The van der Waals surface area contributed by atoms with Gasteiger partial charge in [-0.15, -0.1) is 35.3 Å². The van der Waals surface area contributed by atoms with Gasteiger partial charge in [-0.25, -0.2) is 0 Å². The molecular formula is C17H32IN5S. The van der Waals surface area contributed by atoms with Crippen LogP contribution in [0, 0.1) is 5.92 Å². The summed E-state index contributed by atoms with van der Waals surface area (Å²) in [4.78, 5) is 10.7. The summed E-state index contributed by atoms with van der Waals surface area (Å²) in [5, 5.41) is 9.02. The smallest absolute Gasteiger partial charge is 0.191 e. The maximum atomic E-state index is 4.35. The lowest BCUT2D eigenvalue weighted by Gasteiger charge is -2.40. The predicted octanol–water partition coefficient (Wildman–Crippen LogP) is 2.30. The zero-order valence-corrected chi connectivity index (χ0v) is 18.4. The number of nitrogens with one attached hydrogen (secondary N) is 2. The average molecular weight is 465 g/mol. The summed E-state index contributed by atoms with van der Waals surface area (Å²) in [6, 6.07) is 4.77. The van der Waals surface area contributed by atoms with Crippen LogP contribution in [0.15, 0.2) is 22.5 Å². The summed E-state index contributed by atoms with van der Waals surface area (Å²) >= 11 is 1.77. The highest BCUT2D eigenvalue weighted by atomic mass is 127. The van der Waals surface area contributed by atoms with Crippen molar-refractivity contribution in [2.45, 2.75) is 26.4 Å². The van der Waals surface area contributed by atoms with Crippen molar-refractivity contribution in [3.63, 3.8) is 0 Å². The molecule has 0 radical (unpaired) electrons. The van der Waals surface area contributed by atoms with Gasteiger partial charge in [0.1, 0.15) is 0 Å². The Labute approximate surface area is 167 Å². The third kappa shape index (κ3) is 6.85. The lowest BCUT2D eigenvalue weighted by Crippen LogP contribution is -2.55. The quantitative estimate of drug-likeness (QED) is 0.385. The van der Waals surface area contributed by atoms with Crippen LogP contribution < -0.4 is 10.6 Å². The minimum absolute atomic E-state index is 0. The second-order valence-corrected chi connectivity index (χ2v) is 7.57. The first-order chi connectivity index (χ1) is 11.1. The zero-order chi connectivity index (χ0) is 16.7. The molecule has 1 aromatic heterocycles. The number of piperazine rings is 1. The van der Waals surface area contributed by atoms with Gasteiger partial charge in [0.2, 0.25) is 0 Å². The van der Waals surface area contributed by atoms with Gasteiger partial charge in [0.25, 0.3) is 0 Å². The average Bonchev–Trinajstić information content (AvgIpc) is 3.05. The first-order valence-electron chi connectivity index (χ1n) is 8.49.